The number of carboxylic acids is 1. The van der Waals surface area contributed by atoms with Gasteiger partial charge in [0.2, 0.25) is 5.95 Å². The number of nitrogens with two attached hydrogens (primary N) is 1. The maximum absolute atomic E-state index is 10.7. The van der Waals surface area contributed by atoms with Crippen LogP contribution in [0.25, 0.3) is 5.69 Å². The monoisotopic (exact) mass is 332 g/mol. The van der Waals surface area contributed by atoms with Crippen LogP contribution < -0.4 is 5.73 Å². The Kier molecular flexibility index (Phi) is 4.42. The van der Waals surface area contributed by atoms with E-state index in [1.54, 1.807) is 12.1 Å². The number of halogens is 2. The summed E-state index contributed by atoms with van der Waals surface area (Å²) in [6.07, 6.45) is 0. The fourth-order valence-corrected chi connectivity index (χ4v) is 2.76. The molecule has 6 nitrogen and oxygen atoms in total. The molecule has 1 aromatic carbocycles. The molecule has 9 heteroatoms. The number of hydrogen-bond acceptors (Lipinski definition) is 5. The fraction of sp³-hybridized carbons (Fsp3) is 0.182. The van der Waals surface area contributed by atoms with Gasteiger partial charge in [-0.3, -0.25) is 9.36 Å². The van der Waals surface area contributed by atoms with E-state index in [4.69, 9.17) is 34.0 Å². The fourth-order valence-electron chi connectivity index (χ4n) is 1.56. The number of anilines is 1. The third-order valence-electron chi connectivity index (χ3n) is 2.47. The van der Waals surface area contributed by atoms with E-state index in [-0.39, 0.29) is 11.7 Å². The predicted octanol–water partition coefficient (Wildman–Crippen LogP) is 2.64. The Morgan fingerprint density at radius 3 is 2.80 bits per heavy atom. The summed E-state index contributed by atoms with van der Waals surface area (Å²) >= 11 is 13.4. The van der Waals surface area contributed by atoms with Gasteiger partial charge in [-0.2, -0.15) is 0 Å². The van der Waals surface area contributed by atoms with Gasteiger partial charge in [0.25, 0.3) is 0 Å². The van der Waals surface area contributed by atoms with Crippen molar-refractivity contribution in [1.29, 1.82) is 0 Å². The molecule has 2 aromatic rings. The molecule has 2 rings (SSSR count). The summed E-state index contributed by atoms with van der Waals surface area (Å²) < 4.78 is 1.45. The van der Waals surface area contributed by atoms with E-state index in [0.29, 0.717) is 20.9 Å². The van der Waals surface area contributed by atoms with Gasteiger partial charge in [0.15, 0.2) is 5.16 Å². The number of nitrogens with zero attached hydrogens (tertiary/aromatic N) is 3. The van der Waals surface area contributed by atoms with Crippen molar-refractivity contribution in [3.05, 3.63) is 27.7 Å². The molecule has 106 valence electrons. The molecule has 0 radical (unpaired) electrons. The summed E-state index contributed by atoms with van der Waals surface area (Å²) in [5.41, 5.74) is 7.04. The zero-order chi connectivity index (χ0) is 14.9. The number of nitrogen functional groups attached to an aromatic ring is 1. The van der Waals surface area contributed by atoms with E-state index in [1.807, 2.05) is 6.92 Å². The minimum absolute atomic E-state index is 0.0901. The third-order valence-corrected chi connectivity index (χ3v) is 4.16. The topological polar surface area (TPSA) is 94.0 Å². The summed E-state index contributed by atoms with van der Waals surface area (Å²) in [5, 5.41) is 17.4. The molecule has 0 atom stereocenters. The van der Waals surface area contributed by atoms with Crippen molar-refractivity contribution in [2.75, 3.05) is 11.5 Å². The Hall–Kier alpha value is -1.44. The molecule has 1 heterocycles. The first-order valence-electron chi connectivity index (χ1n) is 5.42. The summed E-state index contributed by atoms with van der Waals surface area (Å²) in [6.45, 7) is 1.83. The van der Waals surface area contributed by atoms with Gasteiger partial charge in [-0.05, 0) is 18.6 Å². The average Bonchev–Trinajstić information content (AvgIpc) is 2.74. The first-order chi connectivity index (χ1) is 9.41. The summed E-state index contributed by atoms with van der Waals surface area (Å²) in [6, 6.07) is 3.46. The average molecular weight is 333 g/mol. The molecule has 20 heavy (non-hydrogen) atoms. The van der Waals surface area contributed by atoms with Crippen LogP contribution >= 0.6 is 35.0 Å². The maximum Gasteiger partial charge on any atom is 0.313 e. The molecule has 0 spiro atoms. The van der Waals surface area contributed by atoms with Crippen LogP contribution in [0.2, 0.25) is 10.0 Å². The molecule has 0 saturated heterocycles. The number of aliphatic carboxylic acids is 1. The standard InChI is InChI=1S/C11H10Cl2N4O2S/c1-5-2-3-6(12)9(8(5)13)17-10(14)15-16-11(17)20-4-7(18)19/h2-3H,4H2,1H3,(H2,14,15)(H,18,19). The summed E-state index contributed by atoms with van der Waals surface area (Å²) in [7, 11) is 0. The van der Waals surface area contributed by atoms with Crippen molar-refractivity contribution in [1.82, 2.24) is 14.8 Å². The molecule has 0 aliphatic rings. The smallest absolute Gasteiger partial charge is 0.313 e. The van der Waals surface area contributed by atoms with Crippen LogP contribution in [0.4, 0.5) is 5.95 Å². The third kappa shape index (κ3) is 2.84. The molecule has 0 bridgehead atoms. The Morgan fingerprint density at radius 1 is 1.45 bits per heavy atom. The number of aryl methyl sites for hydroxylation is 1. The van der Waals surface area contributed by atoms with Gasteiger partial charge in [-0.15, -0.1) is 10.2 Å². The van der Waals surface area contributed by atoms with Gasteiger partial charge >= 0.3 is 5.97 Å². The van der Waals surface area contributed by atoms with Crippen molar-refractivity contribution in [3.63, 3.8) is 0 Å². The number of carboxylic acid groups (broad SMARTS) is 1. The molecule has 0 saturated carbocycles. The molecule has 0 amide bonds. The molecular weight excluding hydrogens is 323 g/mol. The van der Waals surface area contributed by atoms with E-state index in [0.717, 1.165) is 17.3 Å². The number of carbonyl (C=O) groups is 1. The van der Waals surface area contributed by atoms with Crippen LogP contribution in [-0.2, 0) is 4.79 Å². The molecule has 0 unspecified atom stereocenters. The number of rotatable bonds is 4. The lowest BCUT2D eigenvalue weighted by Crippen LogP contribution is -2.06. The second-order valence-corrected chi connectivity index (χ2v) is 5.61. The van der Waals surface area contributed by atoms with Crippen LogP contribution in [0.3, 0.4) is 0 Å². The molecule has 0 aliphatic carbocycles. The normalized spacial score (nSPS) is 10.8. The van der Waals surface area contributed by atoms with Gasteiger partial charge in [0.05, 0.1) is 21.5 Å². The van der Waals surface area contributed by atoms with Gasteiger partial charge in [0, 0.05) is 0 Å². The Labute approximate surface area is 128 Å². The van der Waals surface area contributed by atoms with Gasteiger partial charge in [-0.25, -0.2) is 0 Å². The summed E-state index contributed by atoms with van der Waals surface area (Å²) in [4.78, 5) is 10.7. The zero-order valence-electron chi connectivity index (χ0n) is 10.3. The highest BCUT2D eigenvalue weighted by Gasteiger charge is 2.19. The zero-order valence-corrected chi connectivity index (χ0v) is 12.6. The van der Waals surface area contributed by atoms with Crippen molar-refractivity contribution in [2.24, 2.45) is 0 Å². The highest BCUT2D eigenvalue weighted by molar-refractivity contribution is 7.99. The van der Waals surface area contributed by atoms with Crippen LogP contribution in [0.5, 0.6) is 0 Å². The Morgan fingerprint density at radius 2 is 2.15 bits per heavy atom. The van der Waals surface area contributed by atoms with Gasteiger partial charge < -0.3 is 10.8 Å². The van der Waals surface area contributed by atoms with Crippen molar-refractivity contribution in [2.45, 2.75) is 12.1 Å². The number of hydrogen-bond donors (Lipinski definition) is 2. The number of aromatic nitrogens is 3. The van der Waals surface area contributed by atoms with E-state index in [2.05, 4.69) is 10.2 Å². The highest BCUT2D eigenvalue weighted by atomic mass is 35.5. The number of benzene rings is 1. The van der Waals surface area contributed by atoms with Gasteiger partial charge in [-0.1, -0.05) is 41.0 Å². The van der Waals surface area contributed by atoms with Crippen LogP contribution in [0.15, 0.2) is 17.3 Å². The minimum atomic E-state index is -0.968. The van der Waals surface area contributed by atoms with Crippen molar-refractivity contribution < 1.29 is 9.90 Å². The van der Waals surface area contributed by atoms with E-state index in [1.165, 1.54) is 4.57 Å². The molecule has 0 fully saturated rings. The lowest BCUT2D eigenvalue weighted by molar-refractivity contribution is -0.133. The lowest BCUT2D eigenvalue weighted by Gasteiger charge is -2.13. The van der Waals surface area contributed by atoms with Crippen LogP contribution in [0, 0.1) is 6.92 Å². The molecular formula is C11H10Cl2N4O2S. The van der Waals surface area contributed by atoms with Crippen molar-refractivity contribution >= 4 is 46.9 Å². The maximum atomic E-state index is 10.7. The van der Waals surface area contributed by atoms with Gasteiger partial charge in [0.1, 0.15) is 0 Å². The Balaban J connectivity index is 2.55. The Bertz CT molecular complexity index is 675. The molecule has 1 aromatic heterocycles. The second-order valence-electron chi connectivity index (χ2n) is 3.89. The SMILES string of the molecule is Cc1ccc(Cl)c(-n2c(N)nnc2SCC(=O)O)c1Cl. The van der Waals surface area contributed by atoms with Crippen molar-refractivity contribution in [3.8, 4) is 5.69 Å². The first-order valence-corrected chi connectivity index (χ1v) is 7.16. The van der Waals surface area contributed by atoms with Crippen LogP contribution in [0.1, 0.15) is 5.56 Å². The summed E-state index contributed by atoms with van der Waals surface area (Å²) in [5.74, 6) is -1.05. The quantitative estimate of drug-likeness (QED) is 0.836. The van der Waals surface area contributed by atoms with E-state index in [9.17, 15) is 4.79 Å². The lowest BCUT2D eigenvalue weighted by atomic mass is 10.2. The predicted molar refractivity (Wildman–Crippen MR) is 78.9 cm³/mol. The van der Waals surface area contributed by atoms with E-state index >= 15 is 0 Å². The van der Waals surface area contributed by atoms with E-state index < -0.39 is 5.97 Å². The number of thioether (sulfide) groups is 1. The molecule has 3 N–H and O–H groups in total. The first kappa shape index (κ1) is 15.0. The largest absolute Gasteiger partial charge is 0.481 e. The molecule has 0 aliphatic heterocycles. The minimum Gasteiger partial charge on any atom is -0.481 e. The highest BCUT2D eigenvalue weighted by Crippen LogP contribution is 2.35. The second kappa shape index (κ2) is 5.90. The van der Waals surface area contributed by atoms with Crippen LogP contribution in [-0.4, -0.2) is 31.6 Å².